The normalized spacial score (nSPS) is 18.8. The summed E-state index contributed by atoms with van der Waals surface area (Å²) in [5.41, 5.74) is -0.418. The summed E-state index contributed by atoms with van der Waals surface area (Å²) in [5.74, 6) is -0.964. The molecule has 0 radical (unpaired) electrons. The van der Waals surface area contributed by atoms with Crippen LogP contribution in [0.1, 0.15) is 12.5 Å². The molecule has 7 heteroatoms. The Morgan fingerprint density at radius 2 is 1.84 bits per heavy atom. The van der Waals surface area contributed by atoms with E-state index in [-0.39, 0.29) is 24.4 Å². The second-order valence-corrected chi connectivity index (χ2v) is 6.92. The van der Waals surface area contributed by atoms with Gasteiger partial charge in [0.05, 0.1) is 16.9 Å². The fourth-order valence-corrected chi connectivity index (χ4v) is 3.66. The molecule has 0 atom stereocenters. The zero-order chi connectivity index (χ0) is 14.3. The molecule has 2 N–H and O–H groups in total. The number of aliphatic carboxylic acids is 1. The van der Waals surface area contributed by atoms with Gasteiger partial charge >= 0.3 is 5.97 Å². The molecule has 0 aromatic heterocycles. The molecule has 0 amide bonds. The van der Waals surface area contributed by atoms with Gasteiger partial charge in [0.25, 0.3) is 0 Å². The molecule has 0 bridgehead atoms. The number of rotatable bonds is 4. The van der Waals surface area contributed by atoms with Crippen LogP contribution in [-0.4, -0.2) is 47.6 Å². The van der Waals surface area contributed by atoms with Gasteiger partial charge in [-0.2, -0.15) is 4.31 Å². The van der Waals surface area contributed by atoms with E-state index in [2.05, 4.69) is 0 Å². The highest BCUT2D eigenvalue weighted by Gasteiger charge is 2.43. The SMILES string of the molecule is CC1(O)CN(S(=O)(=O)c2ccc(CC(=O)O)cc2)C1. The lowest BCUT2D eigenvalue weighted by Crippen LogP contribution is -2.61. The van der Waals surface area contributed by atoms with Gasteiger partial charge in [-0.3, -0.25) is 4.79 Å². The Morgan fingerprint density at radius 3 is 2.26 bits per heavy atom. The van der Waals surface area contributed by atoms with Crippen molar-refractivity contribution < 1.29 is 23.4 Å². The number of hydrogen-bond acceptors (Lipinski definition) is 4. The molecule has 19 heavy (non-hydrogen) atoms. The maximum atomic E-state index is 12.1. The molecule has 2 rings (SSSR count). The largest absolute Gasteiger partial charge is 0.481 e. The fourth-order valence-electron chi connectivity index (χ4n) is 1.99. The standard InChI is InChI=1S/C12H15NO5S/c1-12(16)7-13(8-12)19(17,18)10-4-2-9(3-5-10)6-11(14)15/h2-5,16H,6-8H2,1H3,(H,14,15). The molecule has 1 aromatic rings. The molecule has 1 aromatic carbocycles. The van der Waals surface area contributed by atoms with E-state index in [0.29, 0.717) is 5.56 Å². The summed E-state index contributed by atoms with van der Waals surface area (Å²) in [6, 6.07) is 5.75. The molecule has 0 saturated carbocycles. The van der Waals surface area contributed by atoms with Gasteiger partial charge in [-0.25, -0.2) is 8.42 Å². The Morgan fingerprint density at radius 1 is 1.32 bits per heavy atom. The lowest BCUT2D eigenvalue weighted by molar-refractivity contribution is -0.136. The predicted octanol–water partition coefficient (Wildman–Crippen LogP) is 0.0690. The number of carboxylic acid groups (broad SMARTS) is 1. The number of nitrogens with zero attached hydrogens (tertiary/aromatic N) is 1. The number of β-amino-alcohol motifs (C(OH)–C–C–N with tert-alkyl or cyclic N) is 1. The Labute approximate surface area is 111 Å². The first-order valence-corrected chi connectivity index (χ1v) is 7.18. The first-order valence-electron chi connectivity index (χ1n) is 5.74. The van der Waals surface area contributed by atoms with Crippen molar-refractivity contribution in [3.63, 3.8) is 0 Å². The zero-order valence-electron chi connectivity index (χ0n) is 10.4. The quantitative estimate of drug-likeness (QED) is 0.816. The highest BCUT2D eigenvalue weighted by Crippen LogP contribution is 2.27. The molecule has 1 aliphatic rings. The third-order valence-corrected chi connectivity index (χ3v) is 4.76. The molecule has 1 aliphatic heterocycles. The first-order chi connectivity index (χ1) is 8.71. The Balaban J connectivity index is 2.16. The van der Waals surface area contributed by atoms with Gasteiger partial charge < -0.3 is 10.2 Å². The maximum absolute atomic E-state index is 12.1. The lowest BCUT2D eigenvalue weighted by Gasteiger charge is -2.42. The molecule has 1 fully saturated rings. The van der Waals surface area contributed by atoms with Crippen LogP contribution in [0.4, 0.5) is 0 Å². The van der Waals surface area contributed by atoms with Crippen LogP contribution in [0.15, 0.2) is 29.2 Å². The van der Waals surface area contributed by atoms with Crippen LogP contribution in [0.5, 0.6) is 0 Å². The smallest absolute Gasteiger partial charge is 0.307 e. The molecule has 0 spiro atoms. The van der Waals surface area contributed by atoms with Crippen molar-refractivity contribution >= 4 is 16.0 Å². The van der Waals surface area contributed by atoms with Crippen molar-refractivity contribution in [3.8, 4) is 0 Å². The van der Waals surface area contributed by atoms with E-state index in [9.17, 15) is 18.3 Å². The van der Waals surface area contributed by atoms with Crippen molar-refractivity contribution in [2.45, 2.75) is 23.8 Å². The van der Waals surface area contributed by atoms with E-state index < -0.39 is 21.6 Å². The minimum absolute atomic E-state index is 0.0756. The highest BCUT2D eigenvalue weighted by molar-refractivity contribution is 7.89. The second-order valence-electron chi connectivity index (χ2n) is 4.98. The summed E-state index contributed by atoms with van der Waals surface area (Å²) in [7, 11) is -3.59. The number of aliphatic hydroxyl groups is 1. The third kappa shape index (κ3) is 2.94. The number of benzene rings is 1. The second kappa shape index (κ2) is 4.59. The van der Waals surface area contributed by atoms with E-state index in [0.717, 1.165) is 0 Å². The molecule has 0 unspecified atom stereocenters. The van der Waals surface area contributed by atoms with Crippen LogP contribution < -0.4 is 0 Å². The number of hydrogen-bond donors (Lipinski definition) is 2. The van der Waals surface area contributed by atoms with E-state index in [4.69, 9.17) is 5.11 Å². The van der Waals surface area contributed by atoms with Crippen LogP contribution in [0.3, 0.4) is 0 Å². The van der Waals surface area contributed by atoms with E-state index in [1.165, 1.54) is 28.6 Å². The average Bonchev–Trinajstić information content (AvgIpc) is 2.25. The highest BCUT2D eigenvalue weighted by atomic mass is 32.2. The third-order valence-electron chi connectivity index (χ3n) is 2.95. The molecular weight excluding hydrogens is 270 g/mol. The van der Waals surface area contributed by atoms with Gasteiger partial charge in [-0.15, -0.1) is 0 Å². The molecule has 1 heterocycles. The number of sulfonamides is 1. The van der Waals surface area contributed by atoms with Crippen molar-refractivity contribution in [2.75, 3.05) is 13.1 Å². The van der Waals surface area contributed by atoms with Crippen molar-refractivity contribution in [2.24, 2.45) is 0 Å². The van der Waals surface area contributed by atoms with Gasteiger partial charge in [0.1, 0.15) is 0 Å². The Kier molecular flexibility index (Phi) is 3.38. The molecule has 6 nitrogen and oxygen atoms in total. The Bertz CT molecular complexity index is 583. The predicted molar refractivity (Wildman–Crippen MR) is 67.2 cm³/mol. The summed E-state index contributed by atoms with van der Waals surface area (Å²) >= 11 is 0. The van der Waals surface area contributed by atoms with Crippen LogP contribution in [0.25, 0.3) is 0 Å². The number of carboxylic acids is 1. The zero-order valence-corrected chi connectivity index (χ0v) is 11.2. The summed E-state index contributed by atoms with van der Waals surface area (Å²) < 4.78 is 25.5. The monoisotopic (exact) mass is 285 g/mol. The summed E-state index contributed by atoms with van der Waals surface area (Å²) in [6.45, 7) is 1.73. The van der Waals surface area contributed by atoms with E-state index >= 15 is 0 Å². The minimum Gasteiger partial charge on any atom is -0.481 e. The van der Waals surface area contributed by atoms with Crippen molar-refractivity contribution in [1.29, 1.82) is 0 Å². The van der Waals surface area contributed by atoms with Crippen LogP contribution in [0, 0.1) is 0 Å². The summed E-state index contributed by atoms with van der Waals surface area (Å²) in [4.78, 5) is 10.6. The first kappa shape index (κ1) is 14.0. The van der Waals surface area contributed by atoms with Crippen LogP contribution >= 0.6 is 0 Å². The van der Waals surface area contributed by atoms with Crippen LogP contribution in [0.2, 0.25) is 0 Å². The van der Waals surface area contributed by atoms with E-state index in [1.807, 2.05) is 0 Å². The van der Waals surface area contributed by atoms with Crippen LogP contribution in [-0.2, 0) is 21.2 Å². The molecule has 1 saturated heterocycles. The van der Waals surface area contributed by atoms with Crippen molar-refractivity contribution in [3.05, 3.63) is 29.8 Å². The molecular formula is C12H15NO5S. The molecule has 0 aliphatic carbocycles. The molecule has 104 valence electrons. The maximum Gasteiger partial charge on any atom is 0.307 e. The van der Waals surface area contributed by atoms with Gasteiger partial charge in [-0.1, -0.05) is 12.1 Å². The van der Waals surface area contributed by atoms with Gasteiger partial charge in [0.15, 0.2) is 0 Å². The Hall–Kier alpha value is -1.44. The summed E-state index contributed by atoms with van der Waals surface area (Å²) in [6.07, 6.45) is -0.140. The average molecular weight is 285 g/mol. The van der Waals surface area contributed by atoms with Gasteiger partial charge in [-0.05, 0) is 24.6 Å². The number of carbonyl (C=O) groups is 1. The summed E-state index contributed by atoms with van der Waals surface area (Å²) in [5, 5.41) is 18.2. The van der Waals surface area contributed by atoms with Crippen molar-refractivity contribution in [1.82, 2.24) is 4.31 Å². The van der Waals surface area contributed by atoms with Gasteiger partial charge in [0.2, 0.25) is 10.0 Å². The van der Waals surface area contributed by atoms with Gasteiger partial charge in [0, 0.05) is 13.1 Å². The fraction of sp³-hybridized carbons (Fsp3) is 0.417. The topological polar surface area (TPSA) is 94.9 Å². The lowest BCUT2D eigenvalue weighted by atomic mass is 10.0. The minimum atomic E-state index is -3.59. The van der Waals surface area contributed by atoms with E-state index in [1.54, 1.807) is 6.92 Å².